The number of pyridine rings is 1. The summed E-state index contributed by atoms with van der Waals surface area (Å²) in [5.74, 6) is 1.46. The molecule has 4 heteroatoms. The van der Waals surface area contributed by atoms with Gasteiger partial charge in [0.15, 0.2) is 5.82 Å². The summed E-state index contributed by atoms with van der Waals surface area (Å²) in [6.45, 7) is 6.50. The Hall–Kier alpha value is -2.36. The van der Waals surface area contributed by atoms with Crippen LogP contribution >= 0.6 is 0 Å². The molecule has 0 bridgehead atoms. The number of carbonyl (C=O) groups is 1. The fraction of sp³-hybridized carbons (Fsp3) is 0.368. The third-order valence-corrected chi connectivity index (χ3v) is 4.05. The zero-order valence-electron chi connectivity index (χ0n) is 13.8. The Labute approximate surface area is 137 Å². The van der Waals surface area contributed by atoms with Crippen LogP contribution in [-0.4, -0.2) is 24.0 Å². The van der Waals surface area contributed by atoms with Crippen LogP contribution in [0, 0.1) is 5.92 Å². The zero-order chi connectivity index (χ0) is 16.2. The van der Waals surface area contributed by atoms with Crippen molar-refractivity contribution in [1.82, 2.24) is 4.98 Å². The van der Waals surface area contributed by atoms with Crippen molar-refractivity contribution in [2.24, 2.45) is 5.92 Å². The highest BCUT2D eigenvalue weighted by Crippen LogP contribution is 2.32. The summed E-state index contributed by atoms with van der Waals surface area (Å²) in [7, 11) is 0. The second-order valence-electron chi connectivity index (χ2n) is 6.40. The summed E-state index contributed by atoms with van der Waals surface area (Å²) in [6, 6.07) is 14.3. The number of carbonyl (C=O) groups excluding carboxylic acids is 1. The first kappa shape index (κ1) is 15.5. The normalized spacial score (nSPS) is 14.0. The first-order chi connectivity index (χ1) is 11.1. The van der Waals surface area contributed by atoms with E-state index in [9.17, 15) is 4.79 Å². The van der Waals surface area contributed by atoms with E-state index in [4.69, 9.17) is 0 Å². The Balaban J connectivity index is 1.84. The van der Waals surface area contributed by atoms with Gasteiger partial charge in [0.1, 0.15) is 0 Å². The molecule has 0 fully saturated rings. The lowest BCUT2D eigenvalue weighted by atomic mass is 10.1. The van der Waals surface area contributed by atoms with E-state index in [1.807, 2.05) is 23.1 Å². The van der Waals surface area contributed by atoms with Crippen molar-refractivity contribution in [3.63, 3.8) is 0 Å². The van der Waals surface area contributed by atoms with Gasteiger partial charge in [-0.05, 0) is 23.6 Å². The van der Waals surface area contributed by atoms with Crippen molar-refractivity contribution < 1.29 is 4.79 Å². The van der Waals surface area contributed by atoms with Gasteiger partial charge in [0.05, 0.1) is 5.69 Å². The molecule has 0 aliphatic carbocycles. The van der Waals surface area contributed by atoms with Gasteiger partial charge >= 0.3 is 0 Å². The van der Waals surface area contributed by atoms with E-state index < -0.39 is 0 Å². The van der Waals surface area contributed by atoms with Gasteiger partial charge in [-0.15, -0.1) is 0 Å². The largest absolute Gasteiger partial charge is 0.349 e. The van der Waals surface area contributed by atoms with E-state index in [2.05, 4.69) is 48.0 Å². The molecule has 1 amide bonds. The molecule has 0 spiro atoms. The number of nitrogens with zero attached hydrogens (tertiary/aromatic N) is 3. The molecule has 2 aromatic rings. The first-order valence-corrected chi connectivity index (χ1v) is 8.19. The summed E-state index contributed by atoms with van der Waals surface area (Å²) in [4.78, 5) is 21.2. The van der Waals surface area contributed by atoms with E-state index in [1.54, 1.807) is 6.20 Å². The van der Waals surface area contributed by atoms with Crippen LogP contribution in [0.1, 0.15) is 25.8 Å². The standard InChI is InChI=1S/C19H23N3O/c1-15(2)13-18(23)22-12-11-21(14-16-7-4-3-5-8-16)19-17(22)9-6-10-20-19/h3-10,15H,11-14H2,1-2H3. The minimum atomic E-state index is 0.189. The number of hydrogen-bond donors (Lipinski definition) is 0. The second-order valence-corrected chi connectivity index (χ2v) is 6.40. The topological polar surface area (TPSA) is 36.4 Å². The summed E-state index contributed by atoms with van der Waals surface area (Å²) < 4.78 is 0. The van der Waals surface area contributed by atoms with Crippen LogP contribution in [0.3, 0.4) is 0 Å². The molecule has 1 aliphatic rings. The van der Waals surface area contributed by atoms with Gasteiger partial charge in [0.25, 0.3) is 0 Å². The average molecular weight is 309 g/mol. The van der Waals surface area contributed by atoms with Gasteiger partial charge < -0.3 is 9.80 Å². The monoisotopic (exact) mass is 309 g/mol. The van der Waals surface area contributed by atoms with E-state index in [0.29, 0.717) is 12.3 Å². The molecular weight excluding hydrogens is 286 g/mol. The molecule has 0 saturated carbocycles. The van der Waals surface area contributed by atoms with Crippen LogP contribution in [0.25, 0.3) is 0 Å². The first-order valence-electron chi connectivity index (χ1n) is 8.19. The Morgan fingerprint density at radius 2 is 1.91 bits per heavy atom. The minimum absolute atomic E-state index is 0.189. The van der Waals surface area contributed by atoms with E-state index in [-0.39, 0.29) is 5.91 Å². The SMILES string of the molecule is CC(C)CC(=O)N1CCN(Cc2ccccc2)c2ncccc21. The van der Waals surface area contributed by atoms with E-state index >= 15 is 0 Å². The van der Waals surface area contributed by atoms with Gasteiger partial charge in [-0.25, -0.2) is 4.98 Å². The molecule has 0 saturated heterocycles. The number of fused-ring (bicyclic) bond motifs is 1. The van der Waals surface area contributed by atoms with E-state index in [1.165, 1.54) is 5.56 Å². The number of anilines is 2. The lowest BCUT2D eigenvalue weighted by Crippen LogP contribution is -2.44. The highest BCUT2D eigenvalue weighted by Gasteiger charge is 2.27. The van der Waals surface area contributed by atoms with Gasteiger partial charge in [0, 0.05) is 32.3 Å². The van der Waals surface area contributed by atoms with Crippen molar-refractivity contribution >= 4 is 17.4 Å². The third-order valence-electron chi connectivity index (χ3n) is 4.05. The highest BCUT2D eigenvalue weighted by molar-refractivity contribution is 5.97. The Kier molecular flexibility index (Phi) is 4.60. The predicted octanol–water partition coefficient (Wildman–Crippen LogP) is 3.48. The van der Waals surface area contributed by atoms with Gasteiger partial charge in [-0.2, -0.15) is 0 Å². The van der Waals surface area contributed by atoms with Crippen LogP contribution in [0.4, 0.5) is 11.5 Å². The number of benzene rings is 1. The summed E-state index contributed by atoms with van der Waals surface area (Å²) in [5.41, 5.74) is 2.19. The second kappa shape index (κ2) is 6.82. The minimum Gasteiger partial charge on any atom is -0.349 e. The molecule has 3 rings (SSSR count). The Bertz CT molecular complexity index is 669. The molecule has 0 N–H and O–H groups in total. The number of amides is 1. The molecule has 1 aromatic heterocycles. The molecule has 0 unspecified atom stereocenters. The molecule has 120 valence electrons. The Morgan fingerprint density at radius 1 is 1.13 bits per heavy atom. The van der Waals surface area contributed by atoms with Crippen molar-refractivity contribution in [1.29, 1.82) is 0 Å². The van der Waals surface area contributed by atoms with Crippen molar-refractivity contribution in [2.75, 3.05) is 22.9 Å². The summed E-state index contributed by atoms with van der Waals surface area (Å²) in [5, 5.41) is 0. The van der Waals surface area contributed by atoms with E-state index in [0.717, 1.165) is 31.1 Å². The van der Waals surface area contributed by atoms with Crippen LogP contribution in [0.2, 0.25) is 0 Å². The fourth-order valence-electron chi connectivity index (χ4n) is 2.97. The lowest BCUT2D eigenvalue weighted by molar-refractivity contribution is -0.119. The molecule has 4 nitrogen and oxygen atoms in total. The zero-order valence-corrected chi connectivity index (χ0v) is 13.8. The predicted molar refractivity (Wildman–Crippen MR) is 93.5 cm³/mol. The van der Waals surface area contributed by atoms with Gasteiger partial charge in [-0.3, -0.25) is 4.79 Å². The molecule has 0 atom stereocenters. The number of rotatable bonds is 4. The molecule has 23 heavy (non-hydrogen) atoms. The summed E-state index contributed by atoms with van der Waals surface area (Å²) >= 11 is 0. The van der Waals surface area contributed by atoms with Crippen LogP contribution in [0.5, 0.6) is 0 Å². The smallest absolute Gasteiger partial charge is 0.227 e. The van der Waals surface area contributed by atoms with Gasteiger partial charge in [0.2, 0.25) is 5.91 Å². The maximum atomic E-state index is 12.5. The van der Waals surface area contributed by atoms with Crippen LogP contribution < -0.4 is 9.80 Å². The lowest BCUT2D eigenvalue weighted by Gasteiger charge is -2.37. The summed E-state index contributed by atoms with van der Waals surface area (Å²) in [6.07, 6.45) is 2.38. The average Bonchev–Trinajstić information content (AvgIpc) is 2.55. The van der Waals surface area contributed by atoms with Crippen molar-refractivity contribution in [3.8, 4) is 0 Å². The van der Waals surface area contributed by atoms with Crippen LogP contribution in [0.15, 0.2) is 48.7 Å². The highest BCUT2D eigenvalue weighted by atomic mass is 16.2. The van der Waals surface area contributed by atoms with Crippen molar-refractivity contribution in [3.05, 3.63) is 54.2 Å². The number of aromatic nitrogens is 1. The fourth-order valence-corrected chi connectivity index (χ4v) is 2.97. The quantitative estimate of drug-likeness (QED) is 0.867. The maximum absolute atomic E-state index is 12.5. The van der Waals surface area contributed by atoms with Crippen LogP contribution in [-0.2, 0) is 11.3 Å². The van der Waals surface area contributed by atoms with Gasteiger partial charge in [-0.1, -0.05) is 44.2 Å². The van der Waals surface area contributed by atoms with Crippen molar-refractivity contribution in [2.45, 2.75) is 26.8 Å². The Morgan fingerprint density at radius 3 is 2.65 bits per heavy atom. The molecule has 0 radical (unpaired) electrons. The molecular formula is C19H23N3O. The third kappa shape index (κ3) is 3.52. The maximum Gasteiger partial charge on any atom is 0.227 e. The molecule has 2 heterocycles. The number of hydrogen-bond acceptors (Lipinski definition) is 3. The molecule has 1 aliphatic heterocycles. The molecule has 1 aromatic carbocycles.